The number of pyridine rings is 1. The van der Waals surface area contributed by atoms with Gasteiger partial charge >= 0.3 is 0 Å². The molecular weight excluding hydrogens is 204 g/mol. The Balaban J connectivity index is 2.11. The SMILES string of the molecule is Cc1cscc1C(N)Cc1cccnc1. The predicted octanol–water partition coefficient (Wildman–Crippen LogP) is 2.69. The largest absolute Gasteiger partial charge is 0.324 e. The second kappa shape index (κ2) is 4.55. The van der Waals surface area contributed by atoms with Crippen molar-refractivity contribution in [3.8, 4) is 0 Å². The highest BCUT2D eigenvalue weighted by Gasteiger charge is 2.10. The van der Waals surface area contributed by atoms with E-state index in [9.17, 15) is 0 Å². The minimum Gasteiger partial charge on any atom is -0.324 e. The third-order valence-electron chi connectivity index (χ3n) is 2.47. The van der Waals surface area contributed by atoms with Crippen LogP contribution in [0.2, 0.25) is 0 Å². The fourth-order valence-corrected chi connectivity index (χ4v) is 2.55. The molecule has 0 aromatic carbocycles. The van der Waals surface area contributed by atoms with Gasteiger partial charge in [0.15, 0.2) is 0 Å². The lowest BCUT2D eigenvalue weighted by molar-refractivity contribution is 0.718. The summed E-state index contributed by atoms with van der Waals surface area (Å²) >= 11 is 1.71. The lowest BCUT2D eigenvalue weighted by Gasteiger charge is -2.11. The van der Waals surface area contributed by atoms with E-state index >= 15 is 0 Å². The van der Waals surface area contributed by atoms with E-state index in [4.69, 9.17) is 5.73 Å². The molecule has 1 unspecified atom stereocenters. The summed E-state index contributed by atoms with van der Waals surface area (Å²) < 4.78 is 0. The summed E-state index contributed by atoms with van der Waals surface area (Å²) in [5.74, 6) is 0. The summed E-state index contributed by atoms with van der Waals surface area (Å²) in [4.78, 5) is 4.09. The summed E-state index contributed by atoms with van der Waals surface area (Å²) in [6.45, 7) is 2.11. The molecule has 2 rings (SSSR count). The molecule has 78 valence electrons. The van der Waals surface area contributed by atoms with Crippen molar-refractivity contribution in [1.82, 2.24) is 4.98 Å². The van der Waals surface area contributed by atoms with Gasteiger partial charge in [-0.25, -0.2) is 0 Å². The average Bonchev–Trinajstić information content (AvgIpc) is 2.66. The monoisotopic (exact) mass is 218 g/mol. The topological polar surface area (TPSA) is 38.9 Å². The summed E-state index contributed by atoms with van der Waals surface area (Å²) in [5, 5.41) is 4.27. The minimum atomic E-state index is 0.0837. The van der Waals surface area contributed by atoms with Gasteiger partial charge in [-0.15, -0.1) is 0 Å². The van der Waals surface area contributed by atoms with Gasteiger partial charge in [0, 0.05) is 18.4 Å². The van der Waals surface area contributed by atoms with Crippen LogP contribution >= 0.6 is 11.3 Å². The number of thiophene rings is 1. The molecule has 0 amide bonds. The van der Waals surface area contributed by atoms with Gasteiger partial charge in [-0.05, 0) is 46.9 Å². The molecule has 2 aromatic heterocycles. The Morgan fingerprint density at radius 2 is 2.33 bits per heavy atom. The number of aromatic nitrogens is 1. The molecular formula is C12H14N2S. The molecule has 0 fully saturated rings. The zero-order valence-electron chi connectivity index (χ0n) is 8.68. The zero-order valence-corrected chi connectivity index (χ0v) is 9.50. The predicted molar refractivity (Wildman–Crippen MR) is 63.9 cm³/mol. The first-order chi connectivity index (χ1) is 7.27. The maximum absolute atomic E-state index is 6.15. The van der Waals surface area contributed by atoms with Crippen LogP contribution in [0.5, 0.6) is 0 Å². The van der Waals surface area contributed by atoms with Crippen molar-refractivity contribution in [2.75, 3.05) is 0 Å². The lowest BCUT2D eigenvalue weighted by atomic mass is 10.0. The molecule has 0 saturated carbocycles. The van der Waals surface area contributed by atoms with Crippen molar-refractivity contribution in [2.24, 2.45) is 5.73 Å². The summed E-state index contributed by atoms with van der Waals surface area (Å²) in [5.41, 5.74) is 9.88. The first kappa shape index (κ1) is 10.3. The molecule has 0 radical (unpaired) electrons. The quantitative estimate of drug-likeness (QED) is 0.860. The Bertz CT molecular complexity index is 422. The summed E-state index contributed by atoms with van der Waals surface area (Å²) in [7, 11) is 0. The Morgan fingerprint density at radius 3 is 2.93 bits per heavy atom. The Morgan fingerprint density at radius 1 is 1.47 bits per heavy atom. The number of hydrogen-bond donors (Lipinski definition) is 1. The first-order valence-corrected chi connectivity index (χ1v) is 5.89. The van der Waals surface area contributed by atoms with E-state index in [0.717, 1.165) is 6.42 Å². The second-order valence-corrected chi connectivity index (χ2v) is 4.43. The number of rotatable bonds is 3. The molecule has 2 N–H and O–H groups in total. The van der Waals surface area contributed by atoms with Crippen LogP contribution in [0.3, 0.4) is 0 Å². The van der Waals surface area contributed by atoms with Crippen molar-refractivity contribution in [2.45, 2.75) is 19.4 Å². The van der Waals surface area contributed by atoms with Crippen LogP contribution in [0.4, 0.5) is 0 Å². The second-order valence-electron chi connectivity index (χ2n) is 3.68. The zero-order chi connectivity index (χ0) is 10.7. The fourth-order valence-electron chi connectivity index (χ4n) is 1.63. The van der Waals surface area contributed by atoms with E-state index in [1.54, 1.807) is 17.5 Å². The first-order valence-electron chi connectivity index (χ1n) is 4.94. The fraction of sp³-hybridized carbons (Fsp3) is 0.250. The molecule has 15 heavy (non-hydrogen) atoms. The van der Waals surface area contributed by atoms with Gasteiger partial charge < -0.3 is 5.73 Å². The third kappa shape index (κ3) is 2.43. The summed E-state index contributed by atoms with van der Waals surface area (Å²) in [6, 6.07) is 4.09. The Labute approximate surface area is 93.8 Å². The van der Waals surface area contributed by atoms with Gasteiger partial charge in [-0.3, -0.25) is 4.98 Å². The average molecular weight is 218 g/mol. The molecule has 0 spiro atoms. The smallest absolute Gasteiger partial charge is 0.0347 e. The van der Waals surface area contributed by atoms with E-state index in [-0.39, 0.29) is 6.04 Å². The van der Waals surface area contributed by atoms with E-state index in [1.165, 1.54) is 16.7 Å². The van der Waals surface area contributed by atoms with Gasteiger partial charge in [0.05, 0.1) is 0 Å². The molecule has 2 aromatic rings. The van der Waals surface area contributed by atoms with Crippen LogP contribution in [0, 0.1) is 6.92 Å². The van der Waals surface area contributed by atoms with Gasteiger partial charge in [-0.1, -0.05) is 6.07 Å². The van der Waals surface area contributed by atoms with E-state index in [0.29, 0.717) is 0 Å². The Kier molecular flexibility index (Phi) is 3.14. The normalized spacial score (nSPS) is 12.7. The lowest BCUT2D eigenvalue weighted by Crippen LogP contribution is -2.13. The van der Waals surface area contributed by atoms with Gasteiger partial charge in [0.25, 0.3) is 0 Å². The number of aryl methyl sites for hydroxylation is 1. The minimum absolute atomic E-state index is 0.0837. The van der Waals surface area contributed by atoms with Crippen LogP contribution in [-0.2, 0) is 6.42 Å². The van der Waals surface area contributed by atoms with Gasteiger partial charge in [0.1, 0.15) is 0 Å². The maximum Gasteiger partial charge on any atom is 0.0347 e. The number of nitrogens with zero attached hydrogens (tertiary/aromatic N) is 1. The molecule has 0 bridgehead atoms. The van der Waals surface area contributed by atoms with Crippen molar-refractivity contribution < 1.29 is 0 Å². The highest BCUT2D eigenvalue weighted by Crippen LogP contribution is 2.22. The van der Waals surface area contributed by atoms with Crippen LogP contribution < -0.4 is 5.73 Å². The van der Waals surface area contributed by atoms with Crippen LogP contribution in [0.25, 0.3) is 0 Å². The van der Waals surface area contributed by atoms with Crippen LogP contribution in [0.15, 0.2) is 35.3 Å². The molecule has 0 aliphatic heterocycles. The van der Waals surface area contributed by atoms with Gasteiger partial charge in [-0.2, -0.15) is 11.3 Å². The highest BCUT2D eigenvalue weighted by atomic mass is 32.1. The van der Waals surface area contributed by atoms with E-state index in [1.807, 2.05) is 12.3 Å². The van der Waals surface area contributed by atoms with Crippen molar-refractivity contribution in [3.05, 3.63) is 52.0 Å². The standard InChI is InChI=1S/C12H14N2S/c1-9-7-15-8-11(9)12(13)5-10-3-2-4-14-6-10/h2-4,6-8,12H,5,13H2,1H3. The molecule has 2 nitrogen and oxygen atoms in total. The van der Waals surface area contributed by atoms with E-state index < -0.39 is 0 Å². The van der Waals surface area contributed by atoms with Crippen molar-refractivity contribution in [3.63, 3.8) is 0 Å². The Hall–Kier alpha value is -1.19. The van der Waals surface area contributed by atoms with Crippen molar-refractivity contribution >= 4 is 11.3 Å². The van der Waals surface area contributed by atoms with Crippen LogP contribution in [-0.4, -0.2) is 4.98 Å². The molecule has 3 heteroatoms. The number of nitrogens with two attached hydrogens (primary N) is 1. The molecule has 0 saturated heterocycles. The third-order valence-corrected chi connectivity index (χ3v) is 3.35. The number of hydrogen-bond acceptors (Lipinski definition) is 3. The van der Waals surface area contributed by atoms with Crippen LogP contribution in [0.1, 0.15) is 22.7 Å². The van der Waals surface area contributed by atoms with E-state index in [2.05, 4.69) is 28.7 Å². The maximum atomic E-state index is 6.15. The molecule has 0 aliphatic rings. The molecule has 0 aliphatic carbocycles. The van der Waals surface area contributed by atoms with Crippen molar-refractivity contribution in [1.29, 1.82) is 0 Å². The molecule has 2 heterocycles. The summed E-state index contributed by atoms with van der Waals surface area (Å²) in [6.07, 6.45) is 4.51. The highest BCUT2D eigenvalue weighted by molar-refractivity contribution is 7.08. The van der Waals surface area contributed by atoms with Gasteiger partial charge in [0.2, 0.25) is 0 Å². The molecule has 1 atom stereocenters.